The summed E-state index contributed by atoms with van der Waals surface area (Å²) >= 11 is 0. The van der Waals surface area contributed by atoms with Crippen molar-refractivity contribution in [2.75, 3.05) is 35.5 Å². The molecule has 1 aliphatic rings. The molecule has 0 bridgehead atoms. The lowest BCUT2D eigenvalue weighted by Gasteiger charge is -2.30. The highest BCUT2D eigenvalue weighted by Crippen LogP contribution is 2.55. The summed E-state index contributed by atoms with van der Waals surface area (Å²) in [5.74, 6) is 3.38. The standard InChI is InChI=1S/C23H30O6/c1-12-8-14-10-16(24)20(26-4)22(28-6)18(14)19-15(9-13(12)2)11-17(25-3)21(27-5)23(19)29-7/h10-13,24H,8-9H2,1-7H3/t12-,13-/m1/s1. The predicted molar refractivity (Wildman–Crippen MR) is 112 cm³/mol. The van der Waals surface area contributed by atoms with Crippen LogP contribution in [0, 0.1) is 11.8 Å². The zero-order valence-corrected chi connectivity index (χ0v) is 18.2. The van der Waals surface area contributed by atoms with E-state index in [1.165, 1.54) is 7.11 Å². The van der Waals surface area contributed by atoms with Crippen LogP contribution >= 0.6 is 0 Å². The Hall–Kier alpha value is -2.76. The molecule has 0 fully saturated rings. The van der Waals surface area contributed by atoms with E-state index in [-0.39, 0.29) is 5.75 Å². The van der Waals surface area contributed by atoms with E-state index in [1.54, 1.807) is 34.5 Å². The molecule has 1 N–H and O–H groups in total. The molecule has 2 aromatic rings. The van der Waals surface area contributed by atoms with Gasteiger partial charge in [0, 0.05) is 11.1 Å². The Morgan fingerprint density at radius 1 is 0.655 bits per heavy atom. The number of rotatable bonds is 5. The first-order chi connectivity index (χ1) is 13.9. The maximum Gasteiger partial charge on any atom is 0.203 e. The minimum atomic E-state index is 0.0597. The third-order valence-electron chi connectivity index (χ3n) is 5.92. The van der Waals surface area contributed by atoms with E-state index in [2.05, 4.69) is 13.8 Å². The van der Waals surface area contributed by atoms with Crippen LogP contribution in [0.1, 0.15) is 25.0 Å². The van der Waals surface area contributed by atoms with Crippen LogP contribution in [0.25, 0.3) is 11.1 Å². The number of aromatic hydroxyl groups is 1. The van der Waals surface area contributed by atoms with Gasteiger partial charge in [-0.15, -0.1) is 0 Å². The van der Waals surface area contributed by atoms with Crippen molar-refractivity contribution in [1.82, 2.24) is 0 Å². The lowest BCUT2D eigenvalue weighted by molar-refractivity contribution is 0.320. The van der Waals surface area contributed by atoms with E-state index in [9.17, 15) is 5.11 Å². The maximum absolute atomic E-state index is 10.6. The monoisotopic (exact) mass is 402 g/mol. The second kappa shape index (κ2) is 8.31. The van der Waals surface area contributed by atoms with E-state index in [0.717, 1.165) is 35.1 Å². The lowest BCUT2D eigenvalue weighted by Crippen LogP contribution is -2.18. The van der Waals surface area contributed by atoms with Crippen molar-refractivity contribution < 1.29 is 28.8 Å². The lowest BCUT2D eigenvalue weighted by atomic mass is 9.77. The Bertz CT molecular complexity index is 905. The van der Waals surface area contributed by atoms with Crippen molar-refractivity contribution in [1.29, 1.82) is 0 Å². The van der Waals surface area contributed by atoms with Gasteiger partial charge in [0.25, 0.3) is 0 Å². The van der Waals surface area contributed by atoms with Crippen LogP contribution in [0.3, 0.4) is 0 Å². The van der Waals surface area contributed by atoms with Gasteiger partial charge in [-0.2, -0.15) is 0 Å². The number of benzene rings is 2. The maximum atomic E-state index is 10.6. The fourth-order valence-electron chi connectivity index (χ4n) is 4.24. The molecule has 0 saturated heterocycles. The van der Waals surface area contributed by atoms with Crippen LogP contribution < -0.4 is 23.7 Å². The van der Waals surface area contributed by atoms with Crippen molar-refractivity contribution in [2.24, 2.45) is 11.8 Å². The summed E-state index contributed by atoms with van der Waals surface area (Å²) < 4.78 is 28.3. The number of fused-ring (bicyclic) bond motifs is 3. The van der Waals surface area contributed by atoms with Gasteiger partial charge in [-0.25, -0.2) is 0 Å². The molecule has 0 heterocycles. The number of phenols is 1. The van der Waals surface area contributed by atoms with E-state index < -0.39 is 0 Å². The molecule has 0 aromatic heterocycles. The first-order valence-corrected chi connectivity index (χ1v) is 9.70. The summed E-state index contributed by atoms with van der Waals surface area (Å²) in [5.41, 5.74) is 3.79. The van der Waals surface area contributed by atoms with Crippen LogP contribution in [-0.4, -0.2) is 40.7 Å². The average molecular weight is 402 g/mol. The Morgan fingerprint density at radius 3 is 1.55 bits per heavy atom. The van der Waals surface area contributed by atoms with Gasteiger partial charge in [-0.1, -0.05) is 13.8 Å². The molecular formula is C23H30O6. The molecule has 0 radical (unpaired) electrons. The average Bonchev–Trinajstić information content (AvgIpc) is 2.71. The number of hydrogen-bond acceptors (Lipinski definition) is 6. The molecule has 0 saturated carbocycles. The minimum absolute atomic E-state index is 0.0597. The highest BCUT2D eigenvalue weighted by Gasteiger charge is 2.32. The van der Waals surface area contributed by atoms with E-state index in [1.807, 2.05) is 6.07 Å². The molecule has 0 spiro atoms. The third kappa shape index (κ3) is 3.41. The molecule has 3 rings (SSSR count). The normalized spacial score (nSPS) is 18.0. The fraction of sp³-hybridized carbons (Fsp3) is 0.478. The topological polar surface area (TPSA) is 66.4 Å². The molecule has 0 amide bonds. The first-order valence-electron chi connectivity index (χ1n) is 9.70. The molecule has 6 nitrogen and oxygen atoms in total. The Balaban J connectivity index is 2.50. The minimum Gasteiger partial charge on any atom is -0.504 e. The Kier molecular flexibility index (Phi) is 6.01. The SMILES string of the molecule is COc1cc2c(c(OC)c1OC)-c1c(cc(O)c(OC)c1OC)C[C@@H](C)[C@H](C)C2. The van der Waals surface area contributed by atoms with Gasteiger partial charge in [-0.3, -0.25) is 0 Å². The summed E-state index contributed by atoms with van der Waals surface area (Å²) in [5, 5.41) is 10.6. The highest BCUT2D eigenvalue weighted by atomic mass is 16.5. The summed E-state index contributed by atoms with van der Waals surface area (Å²) in [4.78, 5) is 0. The quantitative estimate of drug-likeness (QED) is 0.796. The van der Waals surface area contributed by atoms with Gasteiger partial charge in [0.1, 0.15) is 0 Å². The van der Waals surface area contributed by atoms with Gasteiger partial charge in [0.2, 0.25) is 11.5 Å². The van der Waals surface area contributed by atoms with E-state index in [0.29, 0.717) is 40.6 Å². The highest BCUT2D eigenvalue weighted by molar-refractivity contribution is 5.88. The van der Waals surface area contributed by atoms with Crippen LogP contribution in [0.15, 0.2) is 12.1 Å². The van der Waals surface area contributed by atoms with Crippen LogP contribution in [0.4, 0.5) is 0 Å². The second-order valence-electron chi connectivity index (χ2n) is 7.54. The molecule has 2 aromatic carbocycles. The zero-order valence-electron chi connectivity index (χ0n) is 18.2. The smallest absolute Gasteiger partial charge is 0.203 e. The van der Waals surface area contributed by atoms with Crippen molar-refractivity contribution in [2.45, 2.75) is 26.7 Å². The van der Waals surface area contributed by atoms with Crippen molar-refractivity contribution in [3.05, 3.63) is 23.3 Å². The molecule has 158 valence electrons. The number of ether oxygens (including phenoxy) is 5. The van der Waals surface area contributed by atoms with Crippen molar-refractivity contribution in [3.63, 3.8) is 0 Å². The van der Waals surface area contributed by atoms with Gasteiger partial charge >= 0.3 is 0 Å². The number of hydrogen-bond donors (Lipinski definition) is 1. The molecule has 6 heteroatoms. The largest absolute Gasteiger partial charge is 0.504 e. The van der Waals surface area contributed by atoms with Gasteiger partial charge in [0.05, 0.1) is 35.5 Å². The Labute approximate surface area is 172 Å². The van der Waals surface area contributed by atoms with Crippen molar-refractivity contribution >= 4 is 0 Å². The third-order valence-corrected chi connectivity index (χ3v) is 5.92. The number of methoxy groups -OCH3 is 5. The predicted octanol–water partition coefficient (Wildman–Crippen LogP) is 4.47. The first kappa shape index (κ1) is 21.0. The van der Waals surface area contributed by atoms with Gasteiger partial charge < -0.3 is 28.8 Å². The molecule has 0 aliphatic heterocycles. The summed E-state index contributed by atoms with van der Waals surface area (Å²) in [6.45, 7) is 4.47. The van der Waals surface area contributed by atoms with Gasteiger partial charge in [0.15, 0.2) is 23.0 Å². The fourth-order valence-corrected chi connectivity index (χ4v) is 4.24. The molecule has 0 unspecified atom stereocenters. The van der Waals surface area contributed by atoms with E-state index >= 15 is 0 Å². The molecule has 1 aliphatic carbocycles. The summed E-state index contributed by atoms with van der Waals surface area (Å²) in [6, 6.07) is 3.78. The molecule has 29 heavy (non-hydrogen) atoms. The van der Waals surface area contributed by atoms with Crippen LogP contribution in [0.2, 0.25) is 0 Å². The molecular weight excluding hydrogens is 372 g/mol. The second-order valence-corrected chi connectivity index (χ2v) is 7.54. The summed E-state index contributed by atoms with van der Waals surface area (Å²) in [7, 11) is 7.93. The van der Waals surface area contributed by atoms with E-state index in [4.69, 9.17) is 23.7 Å². The summed E-state index contributed by atoms with van der Waals surface area (Å²) in [6.07, 6.45) is 1.64. The van der Waals surface area contributed by atoms with Crippen LogP contribution in [0.5, 0.6) is 34.5 Å². The number of phenolic OH excluding ortho intramolecular Hbond substituents is 1. The van der Waals surface area contributed by atoms with Crippen LogP contribution in [-0.2, 0) is 12.8 Å². The van der Waals surface area contributed by atoms with Crippen molar-refractivity contribution in [3.8, 4) is 45.6 Å². The van der Waals surface area contributed by atoms with Gasteiger partial charge in [-0.05, 0) is 47.9 Å². The Morgan fingerprint density at radius 2 is 1.10 bits per heavy atom. The molecule has 2 atom stereocenters. The zero-order chi connectivity index (χ0) is 21.3.